The third kappa shape index (κ3) is 11.6. The van der Waals surface area contributed by atoms with E-state index >= 15 is 0 Å². The monoisotopic (exact) mass is 322 g/mol. The Kier molecular flexibility index (Phi) is 11.5. The highest BCUT2D eigenvalue weighted by Crippen LogP contribution is 1.99. The Morgan fingerprint density at radius 3 is 2.47 bits per heavy atom. The third-order valence-electron chi connectivity index (χ3n) is 1.86. The Morgan fingerprint density at radius 2 is 1.87 bits per heavy atom. The van der Waals surface area contributed by atoms with Crippen molar-refractivity contribution in [2.24, 2.45) is 0 Å². The van der Waals surface area contributed by atoms with Gasteiger partial charge in [-0.1, -0.05) is 46.9 Å². The minimum atomic E-state index is -0.120. The molecule has 0 fully saturated rings. The Labute approximate surface area is 106 Å². The Hall–Kier alpha value is -0.320. The van der Waals surface area contributed by atoms with Gasteiger partial charge in [0.05, 0.1) is 7.11 Å². The molecule has 0 atom stereocenters. The predicted octanol–water partition coefficient (Wildman–Crippen LogP) is 3.66. The lowest BCUT2D eigenvalue weighted by Crippen LogP contribution is -1.98. The molecule has 0 saturated heterocycles. The molecule has 0 aliphatic rings. The fraction of sp³-hybridized carbons (Fsp3) is 0.583. The largest absolute Gasteiger partial charge is 0.469 e. The number of unbranched alkanes of at least 4 members (excludes halogenated alkanes) is 1. The first-order valence-electron chi connectivity index (χ1n) is 5.24. The lowest BCUT2D eigenvalue weighted by Gasteiger charge is -1.95. The van der Waals surface area contributed by atoms with Crippen LogP contribution in [0.1, 0.15) is 32.1 Å². The molecule has 3 heteroatoms. The van der Waals surface area contributed by atoms with Gasteiger partial charge in [0.15, 0.2) is 0 Å². The second-order valence-electron chi connectivity index (χ2n) is 3.12. The highest BCUT2D eigenvalue weighted by atomic mass is 127. The molecule has 0 amide bonds. The van der Waals surface area contributed by atoms with Crippen molar-refractivity contribution in [2.45, 2.75) is 32.1 Å². The maximum Gasteiger partial charge on any atom is 0.305 e. The van der Waals surface area contributed by atoms with Crippen molar-refractivity contribution < 1.29 is 9.53 Å². The molecule has 0 N–H and O–H groups in total. The second kappa shape index (κ2) is 11.8. The summed E-state index contributed by atoms with van der Waals surface area (Å²) in [5.74, 6) is -0.120. The van der Waals surface area contributed by atoms with Gasteiger partial charge in [-0.05, 0) is 25.7 Å². The van der Waals surface area contributed by atoms with Crippen molar-refractivity contribution in [1.82, 2.24) is 0 Å². The lowest BCUT2D eigenvalue weighted by atomic mass is 10.2. The molecular formula is C12H19IO2. The second-order valence-corrected chi connectivity index (χ2v) is 4.20. The van der Waals surface area contributed by atoms with Crippen molar-refractivity contribution in [1.29, 1.82) is 0 Å². The average molecular weight is 322 g/mol. The molecule has 0 heterocycles. The molecule has 0 aliphatic carbocycles. The molecule has 0 rings (SSSR count). The van der Waals surface area contributed by atoms with Gasteiger partial charge in [-0.15, -0.1) is 0 Å². The van der Waals surface area contributed by atoms with Crippen LogP contribution in [-0.2, 0) is 9.53 Å². The molecule has 2 nitrogen and oxygen atoms in total. The number of esters is 1. The zero-order valence-corrected chi connectivity index (χ0v) is 11.4. The first-order valence-corrected chi connectivity index (χ1v) is 6.76. The third-order valence-corrected chi connectivity index (χ3v) is 2.48. The van der Waals surface area contributed by atoms with Gasteiger partial charge in [0.2, 0.25) is 0 Å². The van der Waals surface area contributed by atoms with Crippen LogP contribution in [-0.4, -0.2) is 17.5 Å². The summed E-state index contributed by atoms with van der Waals surface area (Å²) in [6, 6.07) is 0. The molecule has 0 aromatic rings. The molecule has 0 bridgehead atoms. The number of alkyl halides is 1. The van der Waals surface area contributed by atoms with E-state index in [-0.39, 0.29) is 5.97 Å². The maximum absolute atomic E-state index is 10.8. The molecule has 0 unspecified atom stereocenters. The molecule has 15 heavy (non-hydrogen) atoms. The number of allylic oxidation sites excluding steroid dienone is 4. The van der Waals surface area contributed by atoms with Gasteiger partial charge in [0.1, 0.15) is 0 Å². The van der Waals surface area contributed by atoms with Crippen LogP contribution in [0, 0.1) is 0 Å². The summed E-state index contributed by atoms with van der Waals surface area (Å²) < 4.78 is 5.72. The van der Waals surface area contributed by atoms with Crippen LogP contribution in [0.25, 0.3) is 0 Å². The first kappa shape index (κ1) is 14.7. The van der Waals surface area contributed by atoms with Crippen LogP contribution in [0.3, 0.4) is 0 Å². The fourth-order valence-corrected chi connectivity index (χ4v) is 1.40. The Morgan fingerprint density at radius 1 is 1.20 bits per heavy atom. The van der Waals surface area contributed by atoms with Crippen molar-refractivity contribution >= 4 is 28.6 Å². The topological polar surface area (TPSA) is 26.3 Å². The Balaban J connectivity index is 3.28. The van der Waals surface area contributed by atoms with Crippen molar-refractivity contribution in [3.05, 3.63) is 24.3 Å². The van der Waals surface area contributed by atoms with E-state index in [9.17, 15) is 4.79 Å². The summed E-state index contributed by atoms with van der Waals surface area (Å²) in [5.41, 5.74) is 0. The fourth-order valence-electron chi connectivity index (χ4n) is 1.04. The number of hydrogen-bond donors (Lipinski definition) is 0. The minimum absolute atomic E-state index is 0.120. The summed E-state index contributed by atoms with van der Waals surface area (Å²) in [7, 11) is 1.43. The summed E-state index contributed by atoms with van der Waals surface area (Å²) in [6.45, 7) is 0. The van der Waals surface area contributed by atoms with Crippen LogP contribution in [0.15, 0.2) is 24.3 Å². The van der Waals surface area contributed by atoms with E-state index in [2.05, 4.69) is 51.6 Å². The van der Waals surface area contributed by atoms with E-state index < -0.39 is 0 Å². The van der Waals surface area contributed by atoms with Crippen LogP contribution in [0.5, 0.6) is 0 Å². The molecule has 0 aromatic carbocycles. The number of ether oxygens (including phenoxy) is 1. The highest BCUT2D eigenvalue weighted by molar-refractivity contribution is 14.1. The SMILES string of the molecule is COC(=O)CCC/C=C\C/C=C\CCI. The standard InChI is InChI=1S/C12H19IO2/c1-15-12(14)10-8-6-4-2-3-5-7-9-11-13/h2,4-5,7H,3,6,8-11H2,1H3/b4-2-,7-5-. The van der Waals surface area contributed by atoms with Gasteiger partial charge in [-0.2, -0.15) is 0 Å². The van der Waals surface area contributed by atoms with E-state index in [0.29, 0.717) is 6.42 Å². The van der Waals surface area contributed by atoms with Gasteiger partial charge in [-0.25, -0.2) is 0 Å². The van der Waals surface area contributed by atoms with Crippen LogP contribution >= 0.6 is 22.6 Å². The number of hydrogen-bond acceptors (Lipinski definition) is 2. The summed E-state index contributed by atoms with van der Waals surface area (Å²) >= 11 is 2.36. The van der Waals surface area contributed by atoms with E-state index in [4.69, 9.17) is 0 Å². The molecule has 0 spiro atoms. The number of halogens is 1. The van der Waals surface area contributed by atoms with Crippen molar-refractivity contribution in [3.8, 4) is 0 Å². The molecule has 0 aromatic heterocycles. The molecule has 0 saturated carbocycles. The van der Waals surface area contributed by atoms with E-state index in [1.807, 2.05) is 0 Å². The van der Waals surface area contributed by atoms with E-state index in [1.165, 1.54) is 11.5 Å². The van der Waals surface area contributed by atoms with Crippen LogP contribution in [0.2, 0.25) is 0 Å². The molecule has 0 radical (unpaired) electrons. The van der Waals surface area contributed by atoms with E-state index in [0.717, 1.165) is 25.7 Å². The quantitative estimate of drug-likeness (QED) is 0.224. The normalized spacial score (nSPS) is 11.3. The summed E-state index contributed by atoms with van der Waals surface area (Å²) in [4.78, 5) is 10.8. The lowest BCUT2D eigenvalue weighted by molar-refractivity contribution is -0.140. The van der Waals surface area contributed by atoms with Crippen molar-refractivity contribution in [3.63, 3.8) is 0 Å². The molecule has 0 aliphatic heterocycles. The van der Waals surface area contributed by atoms with E-state index in [1.54, 1.807) is 0 Å². The number of carbonyl (C=O) groups is 1. The van der Waals surface area contributed by atoms with Gasteiger partial charge in [0.25, 0.3) is 0 Å². The summed E-state index contributed by atoms with van der Waals surface area (Å²) in [6.07, 6.45) is 13.1. The van der Waals surface area contributed by atoms with Crippen LogP contribution < -0.4 is 0 Å². The number of carbonyl (C=O) groups excluding carboxylic acids is 1. The van der Waals surface area contributed by atoms with Gasteiger partial charge >= 0.3 is 5.97 Å². The zero-order valence-electron chi connectivity index (χ0n) is 9.25. The van der Waals surface area contributed by atoms with Crippen LogP contribution in [0.4, 0.5) is 0 Å². The molecule has 86 valence electrons. The van der Waals surface area contributed by atoms with Gasteiger partial charge in [0, 0.05) is 10.8 Å². The van der Waals surface area contributed by atoms with Gasteiger partial charge < -0.3 is 4.74 Å². The maximum atomic E-state index is 10.8. The average Bonchev–Trinajstić information content (AvgIpc) is 2.26. The van der Waals surface area contributed by atoms with Crippen molar-refractivity contribution in [2.75, 3.05) is 11.5 Å². The first-order chi connectivity index (χ1) is 7.31. The number of methoxy groups -OCH3 is 1. The minimum Gasteiger partial charge on any atom is -0.469 e. The molecular weight excluding hydrogens is 303 g/mol. The number of rotatable bonds is 8. The highest BCUT2D eigenvalue weighted by Gasteiger charge is 1.96. The zero-order chi connectivity index (χ0) is 11.4. The van der Waals surface area contributed by atoms with Gasteiger partial charge in [-0.3, -0.25) is 4.79 Å². The smallest absolute Gasteiger partial charge is 0.305 e. The summed E-state index contributed by atoms with van der Waals surface area (Å²) in [5, 5.41) is 0. The Bertz CT molecular complexity index is 210. The predicted molar refractivity (Wildman–Crippen MR) is 72.3 cm³/mol.